The summed E-state index contributed by atoms with van der Waals surface area (Å²) in [5, 5.41) is 8.90. The van der Waals surface area contributed by atoms with Crippen LogP contribution in [-0.4, -0.2) is 22.9 Å². The van der Waals surface area contributed by atoms with Crippen molar-refractivity contribution in [1.82, 2.24) is 4.73 Å². The number of rotatable bonds is 5. The fourth-order valence-electron chi connectivity index (χ4n) is 1.51. The van der Waals surface area contributed by atoms with Crippen molar-refractivity contribution in [1.29, 1.82) is 0 Å². The summed E-state index contributed by atoms with van der Waals surface area (Å²) in [5.41, 5.74) is 1.03. The van der Waals surface area contributed by atoms with Crippen molar-refractivity contribution in [2.24, 2.45) is 0 Å². The van der Waals surface area contributed by atoms with Crippen molar-refractivity contribution in [3.8, 4) is 5.75 Å². The predicted octanol–water partition coefficient (Wildman–Crippen LogP) is 1.82. The van der Waals surface area contributed by atoms with Gasteiger partial charge in [-0.3, -0.25) is 0 Å². The van der Waals surface area contributed by atoms with Gasteiger partial charge in [-0.1, -0.05) is 12.1 Å². The highest BCUT2D eigenvalue weighted by Gasteiger charge is 2.09. The Morgan fingerprint density at radius 1 is 1.28 bits per heavy atom. The molecule has 18 heavy (non-hydrogen) atoms. The van der Waals surface area contributed by atoms with E-state index in [9.17, 15) is 4.79 Å². The number of hydrogen-bond acceptors (Lipinski definition) is 3. The number of hydrogen-bond donors (Lipinski definition) is 1. The fraction of sp³-hybridized carbons (Fsp3) is 0.154. The molecule has 0 spiro atoms. The Morgan fingerprint density at radius 2 is 2.00 bits per heavy atom. The normalized spacial score (nSPS) is 10.1. The van der Waals surface area contributed by atoms with Gasteiger partial charge in [-0.25, -0.2) is 4.79 Å². The molecule has 0 radical (unpaired) electrons. The summed E-state index contributed by atoms with van der Waals surface area (Å²) in [6, 6.07) is 10.5. The first-order chi connectivity index (χ1) is 8.70. The van der Waals surface area contributed by atoms with Gasteiger partial charge in [0.1, 0.15) is 12.4 Å². The molecule has 94 valence electrons. The maximum Gasteiger partial charge on any atom is 0.355 e. The Balaban J connectivity index is 2.02. The Hall–Kier alpha value is -2.43. The summed E-state index contributed by atoms with van der Waals surface area (Å²) in [6.07, 6.45) is 1.56. The van der Waals surface area contributed by atoms with Gasteiger partial charge in [-0.2, -0.15) is 4.73 Å². The number of carboxylic acids is 1. The number of aromatic nitrogens is 1. The maximum absolute atomic E-state index is 10.9. The lowest BCUT2D eigenvalue weighted by Gasteiger charge is -2.09. The Kier molecular flexibility index (Phi) is 3.52. The summed E-state index contributed by atoms with van der Waals surface area (Å²) >= 11 is 0. The Bertz CT molecular complexity index is 530. The minimum Gasteiger partial charge on any atom is -0.497 e. The zero-order valence-corrected chi connectivity index (χ0v) is 9.87. The summed E-state index contributed by atoms with van der Waals surface area (Å²) < 4.78 is 6.29. The van der Waals surface area contributed by atoms with Gasteiger partial charge >= 0.3 is 5.97 Å². The van der Waals surface area contributed by atoms with Crippen LogP contribution in [0.4, 0.5) is 0 Å². The number of nitrogens with zero attached hydrogens (tertiary/aromatic N) is 1. The molecule has 5 heteroatoms. The Morgan fingerprint density at radius 3 is 2.61 bits per heavy atom. The van der Waals surface area contributed by atoms with Crippen LogP contribution in [0.15, 0.2) is 42.6 Å². The van der Waals surface area contributed by atoms with Gasteiger partial charge in [0.05, 0.1) is 7.11 Å². The molecule has 0 atom stereocenters. The van der Waals surface area contributed by atoms with Gasteiger partial charge in [0.2, 0.25) is 0 Å². The lowest BCUT2D eigenvalue weighted by molar-refractivity contribution is 0.0568. The zero-order chi connectivity index (χ0) is 13.0. The van der Waals surface area contributed by atoms with E-state index in [1.54, 1.807) is 19.4 Å². The SMILES string of the molecule is COc1ccc(COn2cccc2C(=O)O)cc1. The van der Waals surface area contributed by atoms with Crippen LogP contribution in [0.5, 0.6) is 5.75 Å². The van der Waals surface area contributed by atoms with Crippen LogP contribution in [0.25, 0.3) is 0 Å². The Labute approximate surface area is 104 Å². The third kappa shape index (κ3) is 2.63. The number of aromatic carboxylic acids is 1. The van der Waals surface area contributed by atoms with E-state index >= 15 is 0 Å². The zero-order valence-electron chi connectivity index (χ0n) is 9.87. The highest BCUT2D eigenvalue weighted by molar-refractivity contribution is 5.85. The van der Waals surface area contributed by atoms with E-state index < -0.39 is 5.97 Å². The minimum atomic E-state index is -1.02. The van der Waals surface area contributed by atoms with Crippen molar-refractivity contribution < 1.29 is 19.5 Å². The summed E-state index contributed by atoms with van der Waals surface area (Å²) in [7, 11) is 1.60. The quantitative estimate of drug-likeness (QED) is 0.875. The molecule has 1 heterocycles. The molecule has 0 fully saturated rings. The van der Waals surface area contributed by atoms with Crippen molar-refractivity contribution in [2.75, 3.05) is 7.11 Å². The van der Waals surface area contributed by atoms with Crippen molar-refractivity contribution in [3.05, 3.63) is 53.9 Å². The van der Waals surface area contributed by atoms with E-state index in [2.05, 4.69) is 0 Å². The minimum absolute atomic E-state index is 0.100. The molecule has 1 aromatic carbocycles. The second kappa shape index (κ2) is 5.27. The molecular weight excluding hydrogens is 234 g/mol. The van der Waals surface area contributed by atoms with Crippen LogP contribution in [0, 0.1) is 0 Å². The third-order valence-corrected chi connectivity index (χ3v) is 2.46. The average molecular weight is 247 g/mol. The second-order valence-corrected chi connectivity index (χ2v) is 3.65. The molecule has 1 N–H and O–H groups in total. The molecule has 2 rings (SSSR count). The molecule has 0 aliphatic rings. The molecule has 0 aliphatic carbocycles. The van der Waals surface area contributed by atoms with E-state index in [0.29, 0.717) is 6.61 Å². The van der Waals surface area contributed by atoms with Crippen LogP contribution in [0.2, 0.25) is 0 Å². The monoisotopic (exact) mass is 247 g/mol. The average Bonchev–Trinajstić information content (AvgIpc) is 2.85. The van der Waals surface area contributed by atoms with Crippen molar-refractivity contribution >= 4 is 5.97 Å². The standard InChI is InChI=1S/C13H13NO4/c1-17-11-6-4-10(5-7-11)9-18-14-8-2-3-12(14)13(15)16/h2-8H,9H2,1H3,(H,15,16). The van der Waals surface area contributed by atoms with Gasteiger partial charge in [0.15, 0.2) is 5.69 Å². The molecule has 0 bridgehead atoms. The lowest BCUT2D eigenvalue weighted by atomic mass is 10.2. The molecule has 1 aromatic heterocycles. The molecule has 0 aliphatic heterocycles. The topological polar surface area (TPSA) is 60.7 Å². The van der Waals surface area contributed by atoms with E-state index in [-0.39, 0.29) is 5.69 Å². The number of carboxylic acid groups (broad SMARTS) is 1. The van der Waals surface area contributed by atoms with E-state index in [1.165, 1.54) is 10.8 Å². The van der Waals surface area contributed by atoms with Crippen molar-refractivity contribution in [3.63, 3.8) is 0 Å². The summed E-state index contributed by atoms with van der Waals surface area (Å²) in [4.78, 5) is 16.3. The van der Waals surface area contributed by atoms with Crippen LogP contribution in [0.1, 0.15) is 16.1 Å². The first kappa shape index (κ1) is 12.0. The van der Waals surface area contributed by atoms with Crippen LogP contribution < -0.4 is 9.57 Å². The van der Waals surface area contributed by atoms with Gasteiger partial charge in [0, 0.05) is 6.20 Å². The highest BCUT2D eigenvalue weighted by Crippen LogP contribution is 2.11. The van der Waals surface area contributed by atoms with Gasteiger partial charge in [-0.15, -0.1) is 0 Å². The number of benzene rings is 1. The number of carbonyl (C=O) groups is 1. The first-order valence-electron chi connectivity index (χ1n) is 5.37. The number of methoxy groups -OCH3 is 1. The largest absolute Gasteiger partial charge is 0.497 e. The first-order valence-corrected chi connectivity index (χ1v) is 5.37. The van der Waals surface area contributed by atoms with Gasteiger partial charge in [-0.05, 0) is 29.8 Å². The third-order valence-electron chi connectivity index (χ3n) is 2.46. The smallest absolute Gasteiger partial charge is 0.355 e. The van der Waals surface area contributed by atoms with E-state index in [4.69, 9.17) is 14.7 Å². The molecule has 0 saturated carbocycles. The highest BCUT2D eigenvalue weighted by atomic mass is 16.7. The van der Waals surface area contributed by atoms with Gasteiger partial charge in [0.25, 0.3) is 0 Å². The molecule has 0 amide bonds. The molecule has 0 saturated heterocycles. The summed E-state index contributed by atoms with van der Waals surface area (Å²) in [5.74, 6) is -0.249. The second-order valence-electron chi connectivity index (χ2n) is 3.65. The molecular formula is C13H13NO4. The fourth-order valence-corrected chi connectivity index (χ4v) is 1.51. The van der Waals surface area contributed by atoms with Crippen LogP contribution in [-0.2, 0) is 6.61 Å². The molecule has 5 nitrogen and oxygen atoms in total. The molecule has 2 aromatic rings. The van der Waals surface area contributed by atoms with Gasteiger partial charge < -0.3 is 14.7 Å². The molecule has 0 unspecified atom stereocenters. The van der Waals surface area contributed by atoms with Crippen LogP contribution >= 0.6 is 0 Å². The van der Waals surface area contributed by atoms with Crippen molar-refractivity contribution in [2.45, 2.75) is 6.61 Å². The lowest BCUT2D eigenvalue weighted by Crippen LogP contribution is -2.16. The maximum atomic E-state index is 10.9. The van der Waals surface area contributed by atoms with E-state index in [1.807, 2.05) is 24.3 Å². The summed E-state index contributed by atoms with van der Waals surface area (Å²) in [6.45, 7) is 0.291. The van der Waals surface area contributed by atoms with E-state index in [0.717, 1.165) is 11.3 Å². The predicted molar refractivity (Wildman–Crippen MR) is 64.7 cm³/mol. The van der Waals surface area contributed by atoms with Crippen LogP contribution in [0.3, 0.4) is 0 Å². The number of ether oxygens (including phenoxy) is 1.